The Morgan fingerprint density at radius 1 is 0.920 bits per heavy atom. The molecule has 0 spiro atoms. The van der Waals surface area contributed by atoms with Crippen molar-refractivity contribution in [2.24, 2.45) is 10.8 Å². The lowest BCUT2D eigenvalue weighted by atomic mass is 9.72. The molecule has 0 N–H and O–H groups in total. The van der Waals surface area contributed by atoms with Crippen molar-refractivity contribution in [3.8, 4) is 0 Å². The van der Waals surface area contributed by atoms with Gasteiger partial charge < -0.3 is 0 Å². The van der Waals surface area contributed by atoms with Crippen LogP contribution < -0.4 is 10.4 Å². The molecule has 0 saturated heterocycles. The zero-order chi connectivity index (χ0) is 18.2. The standard InChI is InChI=1S/C25H32/c1-23(2,3)18-8-9-19-16(12-18)15-25(6,7)22-20-10-11-24(4,5)14-17(20)13-21(19)22/h8-9,12,14-15H,10-11,13H2,1-7H3. The molecular formula is C25H32. The van der Waals surface area contributed by atoms with E-state index in [9.17, 15) is 0 Å². The number of hydrogen-bond donors (Lipinski definition) is 0. The van der Waals surface area contributed by atoms with Gasteiger partial charge in [0, 0.05) is 5.41 Å². The van der Waals surface area contributed by atoms with E-state index in [2.05, 4.69) is 78.8 Å². The fraction of sp³-hybridized carbons (Fsp3) is 0.520. The molecule has 1 aromatic carbocycles. The molecule has 0 atom stereocenters. The van der Waals surface area contributed by atoms with Crippen LogP contribution in [0.1, 0.15) is 73.3 Å². The van der Waals surface area contributed by atoms with Crippen LogP contribution in [0.25, 0.3) is 11.6 Å². The zero-order valence-electron chi connectivity index (χ0n) is 17.0. The number of fused-ring (bicyclic) bond motifs is 3. The summed E-state index contributed by atoms with van der Waals surface area (Å²) in [5.41, 5.74) is 8.60. The quantitative estimate of drug-likeness (QED) is 0.596. The SMILES string of the molecule is CC1(C)C=C2CC3=c4ccc(C(C)(C)C)cc4=CC(C)(C)C3=C2CC1. The molecule has 0 saturated carbocycles. The summed E-state index contributed by atoms with van der Waals surface area (Å²) in [5, 5.41) is 2.92. The van der Waals surface area contributed by atoms with Crippen LogP contribution in [0, 0.1) is 10.8 Å². The van der Waals surface area contributed by atoms with Crippen LogP contribution in [-0.2, 0) is 5.41 Å². The third-order valence-electron chi connectivity index (χ3n) is 6.35. The zero-order valence-corrected chi connectivity index (χ0v) is 17.0. The molecule has 0 heterocycles. The van der Waals surface area contributed by atoms with Crippen molar-refractivity contribution in [1.29, 1.82) is 0 Å². The van der Waals surface area contributed by atoms with Crippen molar-refractivity contribution < 1.29 is 0 Å². The topological polar surface area (TPSA) is 0 Å². The molecule has 0 fully saturated rings. The Morgan fingerprint density at radius 3 is 2.32 bits per heavy atom. The fourth-order valence-electron chi connectivity index (χ4n) is 5.04. The lowest BCUT2D eigenvalue weighted by Gasteiger charge is -2.32. The molecule has 0 radical (unpaired) electrons. The van der Waals surface area contributed by atoms with Crippen LogP contribution in [0.15, 0.2) is 41.0 Å². The smallest absolute Gasteiger partial charge is 0.00903 e. The summed E-state index contributed by atoms with van der Waals surface area (Å²) in [6.45, 7) is 16.5. The van der Waals surface area contributed by atoms with Crippen LogP contribution in [-0.4, -0.2) is 0 Å². The Hall–Kier alpha value is -1.56. The van der Waals surface area contributed by atoms with Crippen molar-refractivity contribution in [1.82, 2.24) is 0 Å². The van der Waals surface area contributed by atoms with E-state index in [4.69, 9.17) is 0 Å². The largest absolute Gasteiger partial charge is 0.0750 e. The van der Waals surface area contributed by atoms with Crippen molar-refractivity contribution in [2.75, 3.05) is 0 Å². The maximum absolute atomic E-state index is 2.56. The third-order valence-corrected chi connectivity index (χ3v) is 6.35. The molecule has 0 bridgehead atoms. The summed E-state index contributed by atoms with van der Waals surface area (Å²) in [4.78, 5) is 0. The van der Waals surface area contributed by atoms with Gasteiger partial charge in [-0.2, -0.15) is 0 Å². The summed E-state index contributed by atoms with van der Waals surface area (Å²) in [6, 6.07) is 7.17. The summed E-state index contributed by atoms with van der Waals surface area (Å²) >= 11 is 0. The molecule has 0 unspecified atom stereocenters. The molecular weight excluding hydrogens is 300 g/mol. The van der Waals surface area contributed by atoms with E-state index in [1.165, 1.54) is 28.8 Å². The first-order valence-electron chi connectivity index (χ1n) is 9.81. The summed E-state index contributed by atoms with van der Waals surface area (Å²) in [6.07, 6.45) is 8.72. The van der Waals surface area contributed by atoms with E-state index in [1.807, 2.05) is 0 Å². The first-order valence-corrected chi connectivity index (χ1v) is 9.81. The number of rotatable bonds is 0. The predicted molar refractivity (Wildman–Crippen MR) is 109 cm³/mol. The minimum Gasteiger partial charge on any atom is -0.0750 e. The maximum Gasteiger partial charge on any atom is 0.00903 e. The lowest BCUT2D eigenvalue weighted by molar-refractivity contribution is 0.420. The van der Waals surface area contributed by atoms with E-state index >= 15 is 0 Å². The van der Waals surface area contributed by atoms with Gasteiger partial charge in [0.1, 0.15) is 0 Å². The van der Waals surface area contributed by atoms with Gasteiger partial charge in [0.25, 0.3) is 0 Å². The van der Waals surface area contributed by atoms with Crippen molar-refractivity contribution in [3.05, 3.63) is 57.0 Å². The molecule has 1 aromatic rings. The van der Waals surface area contributed by atoms with Gasteiger partial charge >= 0.3 is 0 Å². The van der Waals surface area contributed by atoms with Gasteiger partial charge in [-0.15, -0.1) is 0 Å². The second kappa shape index (κ2) is 5.00. The minimum atomic E-state index is 0.130. The van der Waals surface area contributed by atoms with E-state index in [0.29, 0.717) is 5.41 Å². The summed E-state index contributed by atoms with van der Waals surface area (Å²) in [7, 11) is 0. The van der Waals surface area contributed by atoms with Crippen molar-refractivity contribution in [3.63, 3.8) is 0 Å². The van der Waals surface area contributed by atoms with Gasteiger partial charge in [0.05, 0.1) is 0 Å². The second-order valence-electron chi connectivity index (χ2n) is 10.6. The Kier molecular flexibility index (Phi) is 3.37. The molecule has 4 rings (SSSR count). The van der Waals surface area contributed by atoms with E-state index in [0.717, 1.165) is 6.42 Å². The van der Waals surface area contributed by atoms with Crippen LogP contribution in [0.3, 0.4) is 0 Å². The van der Waals surface area contributed by atoms with E-state index in [-0.39, 0.29) is 10.8 Å². The first-order chi connectivity index (χ1) is 11.5. The monoisotopic (exact) mass is 332 g/mol. The van der Waals surface area contributed by atoms with Crippen LogP contribution >= 0.6 is 0 Å². The van der Waals surface area contributed by atoms with Crippen LogP contribution in [0.2, 0.25) is 0 Å². The number of allylic oxidation sites excluding steroid dienone is 4. The van der Waals surface area contributed by atoms with Crippen LogP contribution in [0.5, 0.6) is 0 Å². The fourth-order valence-corrected chi connectivity index (χ4v) is 5.04. The first kappa shape index (κ1) is 16.9. The molecule has 0 nitrogen and oxygen atoms in total. The average Bonchev–Trinajstić information content (AvgIpc) is 2.83. The molecule has 3 aliphatic carbocycles. The molecule has 0 aliphatic heterocycles. The van der Waals surface area contributed by atoms with Crippen LogP contribution in [0.4, 0.5) is 0 Å². The molecule has 132 valence electrons. The van der Waals surface area contributed by atoms with Gasteiger partial charge in [-0.05, 0) is 68.4 Å². The molecule has 0 amide bonds. The second-order valence-corrected chi connectivity index (χ2v) is 10.6. The highest BCUT2D eigenvalue weighted by molar-refractivity contribution is 5.82. The van der Waals surface area contributed by atoms with Crippen molar-refractivity contribution in [2.45, 2.75) is 73.1 Å². The van der Waals surface area contributed by atoms with Gasteiger partial charge in [0.15, 0.2) is 0 Å². The van der Waals surface area contributed by atoms with Gasteiger partial charge in [-0.3, -0.25) is 0 Å². The van der Waals surface area contributed by atoms with E-state index in [1.54, 1.807) is 22.3 Å². The highest BCUT2D eigenvalue weighted by Crippen LogP contribution is 2.52. The third kappa shape index (κ3) is 2.65. The van der Waals surface area contributed by atoms with Gasteiger partial charge in [-0.25, -0.2) is 0 Å². The normalized spacial score (nSPS) is 23.5. The van der Waals surface area contributed by atoms with Gasteiger partial charge in [-0.1, -0.05) is 78.8 Å². The Labute approximate surface area is 153 Å². The predicted octanol–water partition coefficient (Wildman–Crippen LogP) is 5.40. The Balaban J connectivity index is 2.00. The molecule has 25 heavy (non-hydrogen) atoms. The molecule has 3 aliphatic rings. The number of benzene rings is 1. The molecule has 0 aromatic heterocycles. The summed E-state index contributed by atoms with van der Waals surface area (Å²) in [5.74, 6) is 0. The highest BCUT2D eigenvalue weighted by atomic mass is 14.4. The summed E-state index contributed by atoms with van der Waals surface area (Å²) < 4.78 is 0. The van der Waals surface area contributed by atoms with Crippen molar-refractivity contribution >= 4 is 11.6 Å². The Morgan fingerprint density at radius 2 is 1.64 bits per heavy atom. The minimum absolute atomic E-state index is 0.130. The average molecular weight is 333 g/mol. The highest BCUT2D eigenvalue weighted by Gasteiger charge is 2.38. The number of hydrogen-bond acceptors (Lipinski definition) is 0. The van der Waals surface area contributed by atoms with E-state index < -0.39 is 0 Å². The maximum atomic E-state index is 2.56. The van der Waals surface area contributed by atoms with Gasteiger partial charge in [0.2, 0.25) is 0 Å². The molecule has 0 heteroatoms. The lowest BCUT2D eigenvalue weighted by Crippen LogP contribution is -2.36. The Bertz CT molecular complexity index is 937.